The van der Waals surface area contributed by atoms with E-state index >= 15 is 0 Å². The fourth-order valence-electron chi connectivity index (χ4n) is 2.66. The van der Waals surface area contributed by atoms with Crippen molar-refractivity contribution >= 4 is 11.9 Å². The van der Waals surface area contributed by atoms with Crippen molar-refractivity contribution in [3.8, 4) is 0 Å². The molecule has 134 valence electrons. The summed E-state index contributed by atoms with van der Waals surface area (Å²) < 4.78 is 16.5. The minimum absolute atomic E-state index is 0.0180. The first-order valence-corrected chi connectivity index (χ1v) is 7.77. The van der Waals surface area contributed by atoms with Gasteiger partial charge in [0.1, 0.15) is 12.2 Å². The Hall–Kier alpha value is -2.61. The molecule has 9 heteroatoms. The van der Waals surface area contributed by atoms with Gasteiger partial charge < -0.3 is 19.5 Å². The molecule has 0 radical (unpaired) electrons. The average Bonchev–Trinajstić information content (AvgIpc) is 2.61. The van der Waals surface area contributed by atoms with Crippen molar-refractivity contribution in [2.45, 2.75) is 37.9 Å². The molecule has 0 spiro atoms. The van der Waals surface area contributed by atoms with Gasteiger partial charge in [0, 0.05) is 25.4 Å². The van der Waals surface area contributed by atoms with Crippen molar-refractivity contribution in [1.29, 1.82) is 0 Å². The molecule has 1 fully saturated rings. The van der Waals surface area contributed by atoms with Gasteiger partial charge in [-0.3, -0.25) is 4.79 Å². The van der Waals surface area contributed by atoms with E-state index in [-0.39, 0.29) is 18.9 Å². The first kappa shape index (κ1) is 18.7. The van der Waals surface area contributed by atoms with E-state index < -0.39 is 30.5 Å². The number of esters is 1. The van der Waals surface area contributed by atoms with Crippen molar-refractivity contribution < 1.29 is 23.8 Å². The minimum Gasteiger partial charge on any atom is -0.456 e. The van der Waals surface area contributed by atoms with E-state index in [1.165, 1.54) is 14.0 Å². The third kappa shape index (κ3) is 5.18. The normalized spacial score (nSPS) is 25.5. The molecule has 0 saturated carbocycles. The van der Waals surface area contributed by atoms with Gasteiger partial charge in [0.05, 0.1) is 18.2 Å². The number of azide groups is 1. The SMILES string of the molecule is CO[C@H]1O[C@H](CN=[N+]=[N-])[C@@H](OC(=O)c2ccccc2)C[C@H]1NC(C)=O. The van der Waals surface area contributed by atoms with E-state index in [0.29, 0.717) is 5.56 Å². The lowest BCUT2D eigenvalue weighted by Crippen LogP contribution is -2.56. The Morgan fingerprint density at radius 2 is 2.12 bits per heavy atom. The monoisotopic (exact) mass is 348 g/mol. The van der Waals surface area contributed by atoms with E-state index in [9.17, 15) is 9.59 Å². The Balaban J connectivity index is 2.15. The van der Waals surface area contributed by atoms with Crippen LogP contribution in [-0.2, 0) is 19.0 Å². The maximum Gasteiger partial charge on any atom is 0.338 e. The van der Waals surface area contributed by atoms with Crippen LogP contribution in [0.5, 0.6) is 0 Å². The number of carbonyl (C=O) groups excluding carboxylic acids is 2. The van der Waals surface area contributed by atoms with Crippen LogP contribution in [0.2, 0.25) is 0 Å². The lowest BCUT2D eigenvalue weighted by atomic mass is 9.99. The summed E-state index contributed by atoms with van der Waals surface area (Å²) in [5.41, 5.74) is 8.94. The van der Waals surface area contributed by atoms with Crippen molar-refractivity contribution in [3.63, 3.8) is 0 Å². The zero-order valence-corrected chi connectivity index (χ0v) is 14.0. The number of hydrogen-bond acceptors (Lipinski definition) is 6. The number of nitrogens with zero attached hydrogens (tertiary/aromatic N) is 3. The standard InChI is InChI=1S/C16H20N4O5/c1-10(21)19-12-8-13(14(9-18-20-17)25-16(12)23-2)24-15(22)11-6-4-3-5-7-11/h3-7,12-14,16H,8-9H2,1-2H3,(H,19,21)/t12-,13+,14-,16+/m1/s1. The van der Waals surface area contributed by atoms with Crippen LogP contribution in [-0.4, -0.2) is 50.1 Å². The van der Waals surface area contributed by atoms with Crippen LogP contribution < -0.4 is 5.32 Å². The molecule has 9 nitrogen and oxygen atoms in total. The molecule has 0 aromatic heterocycles. The molecule has 1 aromatic carbocycles. The number of benzene rings is 1. The highest BCUT2D eigenvalue weighted by molar-refractivity contribution is 5.89. The van der Waals surface area contributed by atoms with Gasteiger partial charge in [0.2, 0.25) is 5.91 Å². The number of carbonyl (C=O) groups is 2. The maximum atomic E-state index is 12.3. The molecule has 25 heavy (non-hydrogen) atoms. The van der Waals surface area contributed by atoms with Crippen LogP contribution in [0.3, 0.4) is 0 Å². The first-order valence-electron chi connectivity index (χ1n) is 7.77. The summed E-state index contributed by atoms with van der Waals surface area (Å²) in [6.07, 6.45) is -1.81. The maximum absolute atomic E-state index is 12.3. The van der Waals surface area contributed by atoms with Crippen LogP contribution in [0.1, 0.15) is 23.7 Å². The second kappa shape index (κ2) is 9.03. The predicted molar refractivity (Wildman–Crippen MR) is 87.6 cm³/mol. The second-order valence-corrected chi connectivity index (χ2v) is 5.54. The molecule has 4 atom stereocenters. The van der Waals surface area contributed by atoms with Gasteiger partial charge in [-0.15, -0.1) is 0 Å². The van der Waals surface area contributed by atoms with Crippen molar-refractivity contribution in [3.05, 3.63) is 46.3 Å². The van der Waals surface area contributed by atoms with Gasteiger partial charge in [-0.25, -0.2) is 4.79 Å². The van der Waals surface area contributed by atoms with E-state index in [1.807, 2.05) is 0 Å². The quantitative estimate of drug-likeness (QED) is 0.363. The number of hydrogen-bond donors (Lipinski definition) is 1. The number of rotatable bonds is 6. The Morgan fingerprint density at radius 3 is 2.72 bits per heavy atom. The zero-order valence-electron chi connectivity index (χ0n) is 14.0. The van der Waals surface area contributed by atoms with Crippen molar-refractivity contribution in [2.24, 2.45) is 5.11 Å². The first-order chi connectivity index (χ1) is 12.0. The molecular formula is C16H20N4O5. The second-order valence-electron chi connectivity index (χ2n) is 5.54. The highest BCUT2D eigenvalue weighted by Crippen LogP contribution is 2.25. The van der Waals surface area contributed by atoms with Gasteiger partial charge in [0.25, 0.3) is 0 Å². The van der Waals surface area contributed by atoms with E-state index in [4.69, 9.17) is 19.7 Å². The number of nitrogens with one attached hydrogen (secondary N) is 1. The number of methoxy groups -OCH3 is 1. The van der Waals surface area contributed by atoms with Crippen molar-refractivity contribution in [2.75, 3.05) is 13.7 Å². The third-order valence-corrected chi connectivity index (χ3v) is 3.75. The fraction of sp³-hybridized carbons (Fsp3) is 0.500. The molecule has 1 heterocycles. The fourth-order valence-corrected chi connectivity index (χ4v) is 2.66. The minimum atomic E-state index is -0.727. The third-order valence-electron chi connectivity index (χ3n) is 3.75. The summed E-state index contributed by atoms with van der Waals surface area (Å²) in [5.74, 6) is -0.769. The number of ether oxygens (including phenoxy) is 3. The smallest absolute Gasteiger partial charge is 0.338 e. The molecule has 1 aliphatic rings. The molecule has 1 amide bonds. The lowest BCUT2D eigenvalue weighted by Gasteiger charge is -2.40. The zero-order chi connectivity index (χ0) is 18.2. The van der Waals surface area contributed by atoms with Gasteiger partial charge in [-0.05, 0) is 17.7 Å². The molecule has 0 aliphatic carbocycles. The van der Waals surface area contributed by atoms with Gasteiger partial charge in [-0.2, -0.15) is 0 Å². The Morgan fingerprint density at radius 1 is 1.40 bits per heavy atom. The molecule has 1 saturated heterocycles. The summed E-state index contributed by atoms with van der Waals surface area (Å²) in [6, 6.07) is 8.04. The number of amides is 1. The topological polar surface area (TPSA) is 123 Å². The van der Waals surface area contributed by atoms with Crippen LogP contribution in [0, 0.1) is 0 Å². The highest BCUT2D eigenvalue weighted by atomic mass is 16.7. The summed E-state index contributed by atoms with van der Waals surface area (Å²) >= 11 is 0. The Labute approximate surface area is 144 Å². The Kier molecular flexibility index (Phi) is 6.76. The molecular weight excluding hydrogens is 328 g/mol. The molecule has 1 aromatic rings. The summed E-state index contributed by atoms with van der Waals surface area (Å²) in [4.78, 5) is 26.4. The van der Waals surface area contributed by atoms with Crippen molar-refractivity contribution in [1.82, 2.24) is 5.32 Å². The Bertz CT molecular complexity index is 647. The van der Waals surface area contributed by atoms with E-state index in [0.717, 1.165) is 0 Å². The summed E-state index contributed by atoms with van der Waals surface area (Å²) in [7, 11) is 1.44. The van der Waals surface area contributed by atoms with Crippen LogP contribution in [0.15, 0.2) is 35.4 Å². The molecule has 0 unspecified atom stereocenters. The van der Waals surface area contributed by atoms with Crippen LogP contribution >= 0.6 is 0 Å². The van der Waals surface area contributed by atoms with E-state index in [1.54, 1.807) is 30.3 Å². The summed E-state index contributed by atoms with van der Waals surface area (Å²) in [6.45, 7) is 1.36. The average molecular weight is 348 g/mol. The van der Waals surface area contributed by atoms with Crippen LogP contribution in [0.25, 0.3) is 10.4 Å². The summed E-state index contributed by atoms with van der Waals surface area (Å²) in [5, 5.41) is 6.22. The van der Waals surface area contributed by atoms with Gasteiger partial charge in [0.15, 0.2) is 6.29 Å². The lowest BCUT2D eigenvalue weighted by molar-refractivity contribution is -0.222. The van der Waals surface area contributed by atoms with Gasteiger partial charge in [-0.1, -0.05) is 23.3 Å². The molecule has 0 bridgehead atoms. The molecule has 1 aliphatic heterocycles. The largest absolute Gasteiger partial charge is 0.456 e. The van der Waals surface area contributed by atoms with Crippen LogP contribution in [0.4, 0.5) is 0 Å². The molecule has 2 rings (SSSR count). The predicted octanol–water partition coefficient (Wildman–Crippen LogP) is 1.79. The van der Waals surface area contributed by atoms with E-state index in [2.05, 4.69) is 15.3 Å². The molecule has 1 N–H and O–H groups in total. The highest BCUT2D eigenvalue weighted by Gasteiger charge is 2.40. The van der Waals surface area contributed by atoms with Gasteiger partial charge >= 0.3 is 5.97 Å².